The largest absolute Gasteiger partial charge is 0.352 e. The zero-order valence-corrected chi connectivity index (χ0v) is 10.8. The first-order chi connectivity index (χ1) is 9.22. The SMILES string of the molecule is CN(CC(=O)NC1CC1)c1cnc2ccccc2n1. The van der Waals surface area contributed by atoms with Crippen molar-refractivity contribution in [3.63, 3.8) is 0 Å². The first-order valence-electron chi connectivity index (χ1n) is 6.44. The first-order valence-corrected chi connectivity index (χ1v) is 6.44. The fourth-order valence-corrected chi connectivity index (χ4v) is 1.93. The number of fused-ring (bicyclic) bond motifs is 1. The second-order valence-electron chi connectivity index (χ2n) is 4.91. The van der Waals surface area contributed by atoms with Gasteiger partial charge >= 0.3 is 0 Å². The number of anilines is 1. The van der Waals surface area contributed by atoms with Crippen LogP contribution in [-0.2, 0) is 4.79 Å². The molecule has 1 fully saturated rings. The third-order valence-electron chi connectivity index (χ3n) is 3.15. The van der Waals surface area contributed by atoms with E-state index in [0.29, 0.717) is 18.4 Å². The van der Waals surface area contributed by atoms with Crippen molar-refractivity contribution in [1.82, 2.24) is 15.3 Å². The van der Waals surface area contributed by atoms with Crippen molar-refractivity contribution >= 4 is 22.8 Å². The van der Waals surface area contributed by atoms with Crippen LogP contribution in [0.1, 0.15) is 12.8 Å². The summed E-state index contributed by atoms with van der Waals surface area (Å²) in [6.45, 7) is 0.309. The zero-order chi connectivity index (χ0) is 13.2. The molecule has 2 aromatic rings. The van der Waals surface area contributed by atoms with E-state index in [1.54, 1.807) is 6.20 Å². The lowest BCUT2D eigenvalue weighted by molar-refractivity contribution is -0.119. The van der Waals surface area contributed by atoms with Crippen molar-refractivity contribution < 1.29 is 4.79 Å². The Morgan fingerprint density at radius 2 is 2.11 bits per heavy atom. The molecule has 0 radical (unpaired) electrons. The number of hydrogen-bond donors (Lipinski definition) is 1. The quantitative estimate of drug-likeness (QED) is 0.897. The molecule has 0 spiro atoms. The number of carbonyl (C=O) groups is 1. The van der Waals surface area contributed by atoms with Crippen LogP contribution in [-0.4, -0.2) is 35.5 Å². The van der Waals surface area contributed by atoms with Gasteiger partial charge in [0.15, 0.2) is 0 Å². The summed E-state index contributed by atoms with van der Waals surface area (Å²) in [6.07, 6.45) is 3.91. The lowest BCUT2D eigenvalue weighted by atomic mass is 10.3. The maximum Gasteiger partial charge on any atom is 0.239 e. The maximum atomic E-state index is 11.7. The van der Waals surface area contributed by atoms with Gasteiger partial charge in [0.25, 0.3) is 0 Å². The molecule has 0 saturated heterocycles. The minimum absolute atomic E-state index is 0.0416. The normalized spacial score (nSPS) is 14.4. The summed E-state index contributed by atoms with van der Waals surface area (Å²) in [6, 6.07) is 8.10. The van der Waals surface area contributed by atoms with E-state index in [0.717, 1.165) is 23.9 Å². The van der Waals surface area contributed by atoms with Crippen molar-refractivity contribution in [2.75, 3.05) is 18.5 Å². The highest BCUT2D eigenvalue weighted by Gasteiger charge is 2.23. The number of carbonyl (C=O) groups excluding carboxylic acids is 1. The van der Waals surface area contributed by atoms with E-state index in [1.165, 1.54) is 0 Å². The molecule has 1 N–H and O–H groups in total. The molecule has 5 heteroatoms. The van der Waals surface area contributed by atoms with Crippen molar-refractivity contribution in [1.29, 1.82) is 0 Å². The number of nitrogens with zero attached hydrogens (tertiary/aromatic N) is 3. The van der Waals surface area contributed by atoms with Crippen LogP contribution in [0.4, 0.5) is 5.82 Å². The van der Waals surface area contributed by atoms with Gasteiger partial charge in [-0.3, -0.25) is 9.78 Å². The zero-order valence-electron chi connectivity index (χ0n) is 10.8. The summed E-state index contributed by atoms with van der Waals surface area (Å²) in [4.78, 5) is 22.4. The third kappa shape index (κ3) is 2.81. The second kappa shape index (κ2) is 4.84. The van der Waals surface area contributed by atoms with Gasteiger partial charge in [-0.15, -0.1) is 0 Å². The van der Waals surface area contributed by atoms with Gasteiger partial charge in [-0.25, -0.2) is 4.98 Å². The highest BCUT2D eigenvalue weighted by molar-refractivity contribution is 5.82. The van der Waals surface area contributed by atoms with Crippen LogP contribution in [0.15, 0.2) is 30.5 Å². The van der Waals surface area contributed by atoms with E-state index < -0.39 is 0 Å². The summed E-state index contributed by atoms with van der Waals surface area (Å²) >= 11 is 0. The summed E-state index contributed by atoms with van der Waals surface area (Å²) in [5.74, 6) is 0.754. The van der Waals surface area contributed by atoms with Gasteiger partial charge in [0.1, 0.15) is 5.82 Å². The van der Waals surface area contributed by atoms with E-state index in [1.807, 2.05) is 36.2 Å². The lowest BCUT2D eigenvalue weighted by Gasteiger charge is -2.17. The van der Waals surface area contributed by atoms with E-state index in [-0.39, 0.29) is 5.91 Å². The van der Waals surface area contributed by atoms with E-state index in [9.17, 15) is 4.79 Å². The molecular weight excluding hydrogens is 240 g/mol. The van der Waals surface area contributed by atoms with Gasteiger partial charge in [-0.1, -0.05) is 12.1 Å². The summed E-state index contributed by atoms with van der Waals surface area (Å²) < 4.78 is 0. The van der Waals surface area contributed by atoms with Crippen molar-refractivity contribution in [3.8, 4) is 0 Å². The number of para-hydroxylation sites is 2. The number of rotatable bonds is 4. The monoisotopic (exact) mass is 256 g/mol. The van der Waals surface area contributed by atoms with Crippen molar-refractivity contribution in [2.45, 2.75) is 18.9 Å². The van der Waals surface area contributed by atoms with E-state index in [2.05, 4.69) is 15.3 Å². The molecule has 1 amide bonds. The summed E-state index contributed by atoms with van der Waals surface area (Å²) in [5.41, 5.74) is 1.71. The first kappa shape index (κ1) is 11.9. The molecule has 0 unspecified atom stereocenters. The van der Waals surface area contributed by atoms with Crippen molar-refractivity contribution in [3.05, 3.63) is 30.5 Å². The van der Waals surface area contributed by atoms with Gasteiger partial charge in [0.05, 0.1) is 23.8 Å². The number of hydrogen-bond acceptors (Lipinski definition) is 4. The highest BCUT2D eigenvalue weighted by Crippen LogP contribution is 2.18. The minimum atomic E-state index is 0.0416. The van der Waals surface area contributed by atoms with E-state index in [4.69, 9.17) is 0 Å². The number of benzene rings is 1. The average Bonchev–Trinajstić information content (AvgIpc) is 3.21. The molecule has 5 nitrogen and oxygen atoms in total. The fourth-order valence-electron chi connectivity index (χ4n) is 1.93. The third-order valence-corrected chi connectivity index (χ3v) is 3.15. The topological polar surface area (TPSA) is 58.1 Å². The number of nitrogens with one attached hydrogen (secondary N) is 1. The minimum Gasteiger partial charge on any atom is -0.352 e. The fraction of sp³-hybridized carbons (Fsp3) is 0.357. The van der Waals surface area contributed by atoms with Crippen molar-refractivity contribution in [2.24, 2.45) is 0 Å². The molecule has 98 valence electrons. The Bertz CT molecular complexity index is 609. The van der Waals surface area contributed by atoms with E-state index >= 15 is 0 Å². The molecule has 0 bridgehead atoms. The molecule has 1 aromatic heterocycles. The second-order valence-corrected chi connectivity index (χ2v) is 4.91. The van der Waals surface area contributed by atoms with Crippen LogP contribution < -0.4 is 10.2 Å². The molecule has 1 aliphatic carbocycles. The smallest absolute Gasteiger partial charge is 0.239 e. The average molecular weight is 256 g/mol. The molecule has 1 aliphatic rings. The Hall–Kier alpha value is -2.17. The van der Waals surface area contributed by atoms with Crippen LogP contribution >= 0.6 is 0 Å². The van der Waals surface area contributed by atoms with Gasteiger partial charge in [0.2, 0.25) is 5.91 Å². The Balaban J connectivity index is 1.72. The molecule has 1 aromatic carbocycles. The molecule has 0 atom stereocenters. The van der Waals surface area contributed by atoms with Crippen LogP contribution in [0.2, 0.25) is 0 Å². The van der Waals surface area contributed by atoms with Crippen LogP contribution in [0.25, 0.3) is 11.0 Å². The van der Waals surface area contributed by atoms with Crippen LogP contribution in [0, 0.1) is 0 Å². The predicted octanol–water partition coefficient (Wildman–Crippen LogP) is 1.34. The van der Waals surface area contributed by atoms with Crippen LogP contribution in [0.3, 0.4) is 0 Å². The Labute approximate surface area is 111 Å². The summed E-state index contributed by atoms with van der Waals surface area (Å²) in [5, 5.41) is 2.96. The summed E-state index contributed by atoms with van der Waals surface area (Å²) in [7, 11) is 1.85. The Morgan fingerprint density at radius 3 is 2.84 bits per heavy atom. The lowest BCUT2D eigenvalue weighted by Crippen LogP contribution is -2.36. The van der Waals surface area contributed by atoms with Gasteiger partial charge in [-0.05, 0) is 25.0 Å². The van der Waals surface area contributed by atoms with Gasteiger partial charge in [0, 0.05) is 13.1 Å². The Morgan fingerprint density at radius 1 is 1.37 bits per heavy atom. The Kier molecular flexibility index (Phi) is 3.03. The molecule has 1 heterocycles. The number of aromatic nitrogens is 2. The highest BCUT2D eigenvalue weighted by atomic mass is 16.2. The van der Waals surface area contributed by atoms with Gasteiger partial charge in [-0.2, -0.15) is 0 Å². The molecule has 19 heavy (non-hydrogen) atoms. The molecule has 1 saturated carbocycles. The van der Waals surface area contributed by atoms with Gasteiger partial charge < -0.3 is 10.2 Å². The molecule has 0 aliphatic heterocycles. The number of amides is 1. The maximum absolute atomic E-state index is 11.7. The predicted molar refractivity (Wildman–Crippen MR) is 74.0 cm³/mol. The number of likely N-dealkylation sites (N-methyl/N-ethyl adjacent to an activating group) is 1. The molecular formula is C14H16N4O. The molecule has 3 rings (SSSR count). The standard InChI is InChI=1S/C14H16N4O/c1-18(9-14(19)16-10-6-7-10)13-8-15-11-4-2-3-5-12(11)17-13/h2-5,8,10H,6-7,9H2,1H3,(H,16,19). The van der Waals surface area contributed by atoms with Crippen LogP contribution in [0.5, 0.6) is 0 Å².